The summed E-state index contributed by atoms with van der Waals surface area (Å²) in [5, 5.41) is 19.5. The van der Waals surface area contributed by atoms with E-state index in [2.05, 4.69) is 27.5 Å². The first-order valence-corrected chi connectivity index (χ1v) is 20.5. The number of benzene rings is 1. The van der Waals surface area contributed by atoms with Gasteiger partial charge in [0.1, 0.15) is 64.9 Å². The molecule has 1 saturated heterocycles. The Labute approximate surface area is 347 Å². The molecule has 0 radical (unpaired) electrons. The number of nitrogens with zero attached hydrogens (tertiary/aromatic N) is 3. The molecule has 3 heterocycles. The molecule has 17 heteroatoms. The Kier molecular flexibility index (Phi) is 11.8. The van der Waals surface area contributed by atoms with Crippen LogP contribution >= 0.6 is 11.6 Å². The summed E-state index contributed by atoms with van der Waals surface area (Å²) in [5.74, 6) is -0.997. The number of aliphatic carboxylic acids is 1. The first-order chi connectivity index (χ1) is 28.0. The van der Waals surface area contributed by atoms with E-state index < -0.39 is 58.9 Å². The SMILES string of the molecule is C=C[C@@H]1C[C@]1(NC(=O)[C@@H]1C[C@@H](Oc2cc(-c3coc(NC(C)C)n3)nc3c(Cl)c(OCCOC)ccc23)CN1C(=O)[C@@H](NC(=O)O[C@@H]1C[C@@H]2C[C@@H]2C1)C(C)(C)C)C(=O)O. The fraction of sp³-hybridized carbons (Fsp3) is 0.571. The lowest BCUT2D eigenvalue weighted by molar-refractivity contribution is -0.146. The van der Waals surface area contributed by atoms with Crippen LogP contribution in [0.15, 0.2) is 41.5 Å². The van der Waals surface area contributed by atoms with Gasteiger partial charge in [-0.05, 0) is 68.9 Å². The minimum atomic E-state index is -1.54. The Morgan fingerprint density at radius 2 is 1.81 bits per heavy atom. The van der Waals surface area contributed by atoms with Gasteiger partial charge in [0.05, 0.1) is 24.4 Å². The molecule has 0 bridgehead atoms. The van der Waals surface area contributed by atoms with Gasteiger partial charge in [0.2, 0.25) is 11.8 Å². The van der Waals surface area contributed by atoms with Crippen molar-refractivity contribution >= 4 is 52.4 Å². The topological polar surface area (TPSA) is 204 Å². The zero-order chi connectivity index (χ0) is 42.4. The number of carbonyl (C=O) groups is 4. The van der Waals surface area contributed by atoms with E-state index in [-0.39, 0.29) is 43.2 Å². The van der Waals surface area contributed by atoms with Gasteiger partial charge in [-0.2, -0.15) is 4.98 Å². The molecule has 8 atom stereocenters. The molecular weight excluding hydrogens is 784 g/mol. The standard InChI is InChI=1S/C42H53ClN6O10/c1-8-24-18-42(24,38(52)53)48-36(50)30-16-26(19-49(30)37(51)35(41(4,5)6)47-40(54)59-25-14-22-13-23(22)15-25)58-32-17-28(29-20-57-39(46-29)44-21(2)3)45-34-27(32)9-10-31(33(34)43)56-12-11-55-7/h8-10,17,20-26,30,35H,1,11-16,18-19H2,2-7H3,(H,44,46)(H,47,54)(H,48,50)(H,52,53)/t22-,23+,24-,25+,26-,30+,35-,42-/m1/s1. The fourth-order valence-corrected chi connectivity index (χ4v) is 8.50. The number of carboxylic acid groups (broad SMARTS) is 1. The van der Waals surface area contributed by atoms with E-state index in [9.17, 15) is 24.3 Å². The van der Waals surface area contributed by atoms with Gasteiger partial charge in [-0.25, -0.2) is 14.6 Å². The number of ether oxygens (including phenoxy) is 4. The molecule has 7 rings (SSSR count). The van der Waals surface area contributed by atoms with Crippen molar-refractivity contribution in [3.05, 3.63) is 42.1 Å². The third kappa shape index (κ3) is 8.93. The van der Waals surface area contributed by atoms with E-state index in [1.165, 1.54) is 17.2 Å². The van der Waals surface area contributed by atoms with E-state index >= 15 is 0 Å². The van der Waals surface area contributed by atoms with Crippen molar-refractivity contribution in [1.82, 2.24) is 25.5 Å². The largest absolute Gasteiger partial charge is 0.490 e. The second-order valence-electron chi connectivity index (χ2n) is 17.4. The summed E-state index contributed by atoms with van der Waals surface area (Å²) in [4.78, 5) is 65.4. The van der Waals surface area contributed by atoms with Crippen molar-refractivity contribution in [1.29, 1.82) is 0 Å². The number of anilines is 1. The first-order valence-electron chi connectivity index (χ1n) is 20.1. The lowest BCUT2D eigenvalue weighted by atomic mass is 9.85. The number of hydrogen-bond donors (Lipinski definition) is 4. The summed E-state index contributed by atoms with van der Waals surface area (Å²) in [7, 11) is 1.57. The van der Waals surface area contributed by atoms with Crippen LogP contribution in [0.1, 0.15) is 66.7 Å². The number of carbonyl (C=O) groups excluding carboxylic acids is 3. The maximum absolute atomic E-state index is 14.7. The van der Waals surface area contributed by atoms with Gasteiger partial charge in [0, 0.05) is 36.9 Å². The van der Waals surface area contributed by atoms with Crippen LogP contribution in [-0.4, -0.2) is 107 Å². The Bertz CT molecular complexity index is 2110. The summed E-state index contributed by atoms with van der Waals surface area (Å²) in [6.07, 6.45) is 4.20. The molecule has 4 aliphatic rings. The predicted octanol–water partition coefficient (Wildman–Crippen LogP) is 5.82. The molecule has 0 unspecified atom stereocenters. The Morgan fingerprint density at radius 3 is 2.46 bits per heavy atom. The molecular formula is C42H53ClN6O10. The molecule has 4 fully saturated rings. The Balaban J connectivity index is 1.21. The van der Waals surface area contributed by atoms with E-state index in [0.717, 1.165) is 19.3 Å². The number of fused-ring (bicyclic) bond motifs is 2. The van der Waals surface area contributed by atoms with Crippen LogP contribution in [0.25, 0.3) is 22.3 Å². The maximum Gasteiger partial charge on any atom is 0.408 e. The fourth-order valence-electron chi connectivity index (χ4n) is 8.24. The highest BCUT2D eigenvalue weighted by atomic mass is 35.5. The average Bonchev–Trinajstić information content (AvgIpc) is 3.84. The molecule has 3 aromatic rings. The molecule has 4 N–H and O–H groups in total. The van der Waals surface area contributed by atoms with Crippen LogP contribution in [0.3, 0.4) is 0 Å². The van der Waals surface area contributed by atoms with Crippen molar-refractivity contribution in [2.75, 3.05) is 32.2 Å². The normalized spacial score (nSPS) is 26.2. The van der Waals surface area contributed by atoms with Gasteiger partial charge in [0.15, 0.2) is 0 Å². The number of aromatic nitrogens is 2. The molecule has 3 amide bonds. The summed E-state index contributed by atoms with van der Waals surface area (Å²) in [5.41, 5.74) is -1.25. The highest BCUT2D eigenvalue weighted by Crippen LogP contribution is 2.52. The molecule has 1 aliphatic heterocycles. The molecule has 318 valence electrons. The quantitative estimate of drug-likeness (QED) is 0.0994. The smallest absolute Gasteiger partial charge is 0.408 e. The number of carboxylic acids is 1. The number of pyridine rings is 1. The summed E-state index contributed by atoms with van der Waals surface area (Å²) < 4.78 is 29.1. The van der Waals surface area contributed by atoms with Crippen LogP contribution < -0.4 is 25.4 Å². The minimum absolute atomic E-state index is 0.00427. The van der Waals surface area contributed by atoms with Gasteiger partial charge in [-0.15, -0.1) is 6.58 Å². The molecule has 0 spiro atoms. The van der Waals surface area contributed by atoms with E-state index in [1.54, 1.807) is 25.3 Å². The van der Waals surface area contributed by atoms with Gasteiger partial charge in [-0.3, -0.25) is 9.59 Å². The summed E-state index contributed by atoms with van der Waals surface area (Å²) in [6.45, 7) is 13.6. The van der Waals surface area contributed by atoms with Crippen molar-refractivity contribution in [3.8, 4) is 22.9 Å². The number of halogens is 1. The van der Waals surface area contributed by atoms with Crippen molar-refractivity contribution in [3.63, 3.8) is 0 Å². The van der Waals surface area contributed by atoms with Gasteiger partial charge >= 0.3 is 12.1 Å². The summed E-state index contributed by atoms with van der Waals surface area (Å²) >= 11 is 6.92. The number of oxazole rings is 1. The van der Waals surface area contributed by atoms with Crippen LogP contribution in [0.4, 0.5) is 10.8 Å². The Hall–Kier alpha value is -5.09. The van der Waals surface area contributed by atoms with Gasteiger partial charge in [-0.1, -0.05) is 38.4 Å². The molecule has 59 heavy (non-hydrogen) atoms. The summed E-state index contributed by atoms with van der Waals surface area (Å²) in [6, 6.07) is 3.22. The van der Waals surface area contributed by atoms with E-state index in [4.69, 9.17) is 39.9 Å². The lowest BCUT2D eigenvalue weighted by Gasteiger charge is -2.35. The second-order valence-corrected chi connectivity index (χ2v) is 17.8. The Morgan fingerprint density at radius 1 is 1.07 bits per heavy atom. The van der Waals surface area contributed by atoms with Crippen LogP contribution in [0.2, 0.25) is 5.02 Å². The zero-order valence-corrected chi connectivity index (χ0v) is 35.0. The van der Waals surface area contributed by atoms with E-state index in [0.29, 0.717) is 58.2 Å². The van der Waals surface area contributed by atoms with Gasteiger partial charge < -0.3 is 49.3 Å². The predicted molar refractivity (Wildman–Crippen MR) is 217 cm³/mol. The van der Waals surface area contributed by atoms with Crippen molar-refractivity contribution in [2.45, 2.75) is 103 Å². The lowest BCUT2D eigenvalue weighted by Crippen LogP contribution is -2.59. The van der Waals surface area contributed by atoms with Crippen LogP contribution in [0.5, 0.6) is 11.5 Å². The molecule has 2 aromatic heterocycles. The third-order valence-electron chi connectivity index (χ3n) is 11.6. The number of amides is 3. The average molecular weight is 837 g/mol. The van der Waals surface area contributed by atoms with Gasteiger partial charge in [0.25, 0.3) is 6.01 Å². The molecule has 3 saturated carbocycles. The zero-order valence-electron chi connectivity index (χ0n) is 34.2. The number of likely N-dealkylation sites (tertiary alicyclic amines) is 1. The third-order valence-corrected chi connectivity index (χ3v) is 12.0. The van der Waals surface area contributed by atoms with Crippen molar-refractivity contribution in [2.24, 2.45) is 23.2 Å². The monoisotopic (exact) mass is 836 g/mol. The number of rotatable bonds is 16. The number of alkyl carbamates (subject to hydrolysis) is 1. The molecule has 16 nitrogen and oxygen atoms in total. The first kappa shape index (κ1) is 42.0. The van der Waals surface area contributed by atoms with Crippen molar-refractivity contribution < 1.29 is 47.6 Å². The molecule has 3 aliphatic carbocycles. The highest BCUT2D eigenvalue weighted by molar-refractivity contribution is 6.36. The maximum atomic E-state index is 14.7. The van der Waals surface area contributed by atoms with Crippen LogP contribution in [-0.2, 0) is 23.9 Å². The highest BCUT2D eigenvalue weighted by Gasteiger charge is 2.61. The van der Waals surface area contributed by atoms with E-state index in [1.807, 2.05) is 34.6 Å². The number of methoxy groups -OCH3 is 1. The second kappa shape index (κ2) is 16.5. The number of hydrogen-bond acceptors (Lipinski definition) is 12. The minimum Gasteiger partial charge on any atom is -0.490 e. The number of nitrogens with one attached hydrogen (secondary N) is 3. The van der Waals surface area contributed by atoms with Crippen LogP contribution in [0, 0.1) is 23.2 Å². The molecule has 1 aromatic carbocycles.